The van der Waals surface area contributed by atoms with Gasteiger partial charge in [-0.3, -0.25) is 38.4 Å². The van der Waals surface area contributed by atoms with Gasteiger partial charge in [0.05, 0.1) is 28.2 Å². The van der Waals surface area contributed by atoms with Crippen molar-refractivity contribution in [3.8, 4) is 5.75 Å². The number of hydrogen-bond acceptors (Lipinski definition) is 12. The predicted octanol–water partition coefficient (Wildman–Crippen LogP) is 4.24. The lowest BCUT2D eigenvalue weighted by molar-refractivity contribution is 0.0991. The topological polar surface area (TPSA) is 264 Å². The average molecular weight is 815 g/mol. The number of aryl methyl sites for hydroxylation is 4. The van der Waals surface area contributed by atoms with Gasteiger partial charge in [0.25, 0.3) is 5.91 Å². The summed E-state index contributed by atoms with van der Waals surface area (Å²) in [7, 11) is 1.76. The van der Waals surface area contributed by atoms with Gasteiger partial charge in [0.2, 0.25) is 23.7 Å². The van der Waals surface area contributed by atoms with E-state index in [1.165, 1.54) is 12.3 Å². The number of imidazole rings is 2. The minimum absolute atomic E-state index is 0.196. The lowest BCUT2D eigenvalue weighted by Gasteiger charge is -2.12. The number of aromatic nitrogens is 9. The molecule has 7 rings (SSSR count). The van der Waals surface area contributed by atoms with Crippen LogP contribution in [0, 0.1) is 13.8 Å². The van der Waals surface area contributed by atoms with Gasteiger partial charge in [0.1, 0.15) is 34.8 Å². The molecule has 3 amide bonds. The number of anilines is 3. The Bertz CT molecular complexity index is 2740. The summed E-state index contributed by atoms with van der Waals surface area (Å²) >= 11 is 0. The third kappa shape index (κ3) is 8.84. The van der Waals surface area contributed by atoms with E-state index in [0.29, 0.717) is 82.0 Å². The van der Waals surface area contributed by atoms with E-state index in [0.717, 1.165) is 11.8 Å². The zero-order chi connectivity index (χ0) is 43.1. The van der Waals surface area contributed by atoms with Crippen molar-refractivity contribution in [3.05, 3.63) is 112 Å². The Morgan fingerprint density at radius 2 is 1.50 bits per heavy atom. The largest absolute Gasteiger partial charge is 0.487 e. The molecule has 0 fully saturated rings. The van der Waals surface area contributed by atoms with Gasteiger partial charge in [0.15, 0.2) is 11.9 Å². The van der Waals surface area contributed by atoms with E-state index in [4.69, 9.17) is 21.9 Å². The van der Waals surface area contributed by atoms with E-state index in [2.05, 4.69) is 35.8 Å². The SMILES string of the molecule is CCn1nc(C)c(N)c1C=O.CCn1nc(C)cc1C(=O)Nc1nc2cc(C(N)=O)cnc2n1C/C=C/Cn1c(NC)nc2cc(C(N)=O)cc(OCc3ccccc3)c21. The standard InChI is InChI=1S/C34H35N11O4.C7H11N3O/c1-4-45-26(14-20(2)42-45)32(48)41-34-40-25-16-23(30(36)47)18-38-31(25)44(34)13-9-8-12-43-28-24(39-33(43)37-3)15-22(29(35)46)17-27(28)49-19-21-10-6-5-7-11-21;1-3-10-6(4-11)7(8)5(2)9-10/h5-11,14-18H,4,12-13,19H2,1-3H3,(H2,35,46)(H2,36,47)(H,37,39)(H,40,41,48);4H,3,8H2,1-2H3/b9-8+;. The van der Waals surface area contributed by atoms with Crippen molar-refractivity contribution in [1.29, 1.82) is 0 Å². The third-order valence-electron chi connectivity index (χ3n) is 9.45. The molecule has 0 unspecified atom stereocenters. The molecule has 5 aromatic heterocycles. The molecule has 0 saturated heterocycles. The highest BCUT2D eigenvalue weighted by Gasteiger charge is 2.21. The Hall–Kier alpha value is -7.83. The molecule has 310 valence electrons. The number of rotatable bonds is 15. The molecule has 5 heterocycles. The van der Waals surface area contributed by atoms with Crippen LogP contribution in [-0.2, 0) is 32.8 Å². The second kappa shape index (κ2) is 18.2. The second-order valence-corrected chi connectivity index (χ2v) is 13.5. The second-order valence-electron chi connectivity index (χ2n) is 13.5. The van der Waals surface area contributed by atoms with Crippen LogP contribution < -0.4 is 32.6 Å². The van der Waals surface area contributed by atoms with E-state index >= 15 is 0 Å². The van der Waals surface area contributed by atoms with Crippen molar-refractivity contribution >= 4 is 63.8 Å². The Labute approximate surface area is 344 Å². The molecule has 0 aliphatic rings. The van der Waals surface area contributed by atoms with Crippen molar-refractivity contribution in [1.82, 2.24) is 43.6 Å². The van der Waals surface area contributed by atoms with Gasteiger partial charge in [-0.15, -0.1) is 0 Å². The maximum absolute atomic E-state index is 13.3. The smallest absolute Gasteiger partial charge is 0.276 e. The minimum atomic E-state index is -0.639. The highest BCUT2D eigenvalue weighted by molar-refractivity contribution is 6.03. The predicted molar refractivity (Wildman–Crippen MR) is 227 cm³/mol. The van der Waals surface area contributed by atoms with E-state index in [1.54, 1.807) is 46.1 Å². The number of ether oxygens (including phenoxy) is 1. The first-order chi connectivity index (χ1) is 28.9. The van der Waals surface area contributed by atoms with Crippen LogP contribution in [0.3, 0.4) is 0 Å². The van der Waals surface area contributed by atoms with E-state index in [9.17, 15) is 19.2 Å². The molecule has 7 aromatic rings. The minimum Gasteiger partial charge on any atom is -0.487 e. The molecule has 8 N–H and O–H groups in total. The van der Waals surface area contributed by atoms with Crippen LogP contribution in [0.1, 0.15) is 72.5 Å². The maximum Gasteiger partial charge on any atom is 0.276 e. The number of benzene rings is 2. The summed E-state index contributed by atoms with van der Waals surface area (Å²) in [6, 6.07) is 16.2. The molecule has 0 saturated carbocycles. The fourth-order valence-corrected chi connectivity index (χ4v) is 6.47. The first-order valence-electron chi connectivity index (χ1n) is 19.0. The number of nitrogens with zero attached hydrogens (tertiary/aromatic N) is 9. The number of pyridine rings is 1. The van der Waals surface area contributed by atoms with Crippen molar-refractivity contribution in [2.45, 2.75) is 60.5 Å². The molecule has 0 aliphatic heterocycles. The lowest BCUT2D eigenvalue weighted by Crippen LogP contribution is -2.20. The monoisotopic (exact) mass is 814 g/mol. The number of allylic oxidation sites excluding steroid dienone is 2. The van der Waals surface area contributed by atoms with Crippen LogP contribution in [-0.4, -0.2) is 74.7 Å². The summed E-state index contributed by atoms with van der Waals surface area (Å²) in [5.74, 6) is -0.373. The Morgan fingerprint density at radius 3 is 2.13 bits per heavy atom. The van der Waals surface area contributed by atoms with Crippen LogP contribution >= 0.6 is 0 Å². The average Bonchev–Trinajstić information content (AvgIpc) is 3.99. The van der Waals surface area contributed by atoms with Crippen molar-refractivity contribution < 1.29 is 23.9 Å². The molecule has 60 heavy (non-hydrogen) atoms. The van der Waals surface area contributed by atoms with Crippen molar-refractivity contribution in [3.63, 3.8) is 0 Å². The molecule has 0 radical (unpaired) electrons. The quantitative estimate of drug-likeness (QED) is 0.0719. The zero-order valence-corrected chi connectivity index (χ0v) is 33.8. The van der Waals surface area contributed by atoms with Gasteiger partial charge < -0.3 is 31.8 Å². The number of aldehydes is 1. The van der Waals surface area contributed by atoms with Gasteiger partial charge in [-0.25, -0.2) is 15.0 Å². The molecular weight excluding hydrogens is 769 g/mol. The van der Waals surface area contributed by atoms with Gasteiger partial charge in [-0.1, -0.05) is 42.5 Å². The molecular formula is C41H46N14O5. The molecule has 0 spiro atoms. The summed E-state index contributed by atoms with van der Waals surface area (Å²) < 4.78 is 13.1. The number of hydrogen-bond donors (Lipinski definition) is 5. The van der Waals surface area contributed by atoms with E-state index < -0.39 is 11.8 Å². The zero-order valence-electron chi connectivity index (χ0n) is 33.8. The fraction of sp³-hybridized carbons (Fsp3) is 0.244. The van der Waals surface area contributed by atoms with Gasteiger partial charge in [-0.2, -0.15) is 10.2 Å². The molecule has 0 aliphatic carbocycles. The fourth-order valence-electron chi connectivity index (χ4n) is 6.47. The normalized spacial score (nSPS) is 11.2. The lowest BCUT2D eigenvalue weighted by atomic mass is 10.1. The van der Waals surface area contributed by atoms with Crippen LogP contribution in [0.5, 0.6) is 5.75 Å². The first kappa shape index (κ1) is 41.8. The van der Waals surface area contributed by atoms with Crippen LogP contribution in [0.2, 0.25) is 0 Å². The van der Waals surface area contributed by atoms with Crippen LogP contribution in [0.25, 0.3) is 22.2 Å². The number of carbonyl (C=O) groups is 4. The summed E-state index contributed by atoms with van der Waals surface area (Å²) in [4.78, 5) is 61.5. The highest BCUT2D eigenvalue weighted by atomic mass is 16.5. The summed E-state index contributed by atoms with van der Waals surface area (Å²) in [5, 5.41) is 14.4. The Kier molecular flexibility index (Phi) is 12.7. The first-order valence-corrected chi connectivity index (χ1v) is 19.0. The van der Waals surface area contributed by atoms with Gasteiger partial charge in [0, 0.05) is 45.0 Å². The van der Waals surface area contributed by atoms with Gasteiger partial charge >= 0.3 is 0 Å². The third-order valence-corrected chi connectivity index (χ3v) is 9.45. The van der Waals surface area contributed by atoms with Crippen LogP contribution in [0.15, 0.2) is 72.9 Å². The Balaban J connectivity index is 0.000000477. The number of amides is 3. The number of nitrogen functional groups attached to an aromatic ring is 1. The number of nitrogens with one attached hydrogen (secondary N) is 2. The molecule has 19 heteroatoms. The number of primary amides is 2. The highest BCUT2D eigenvalue weighted by Crippen LogP contribution is 2.31. The molecule has 0 atom stereocenters. The maximum atomic E-state index is 13.3. The summed E-state index contributed by atoms with van der Waals surface area (Å²) in [5.41, 5.74) is 23.0. The van der Waals surface area contributed by atoms with Crippen LogP contribution in [0.4, 0.5) is 17.6 Å². The van der Waals surface area contributed by atoms with Crippen molar-refractivity contribution in [2.24, 2.45) is 11.5 Å². The number of carbonyl (C=O) groups excluding carboxylic acids is 4. The van der Waals surface area contributed by atoms with Gasteiger partial charge in [-0.05, 0) is 57.5 Å². The van der Waals surface area contributed by atoms with E-state index in [1.807, 2.05) is 67.8 Å². The Morgan fingerprint density at radius 1 is 0.833 bits per heavy atom. The van der Waals surface area contributed by atoms with E-state index in [-0.39, 0.29) is 36.1 Å². The number of nitrogens with two attached hydrogens (primary N) is 3. The number of fused-ring (bicyclic) bond motifs is 2. The molecule has 0 bridgehead atoms. The summed E-state index contributed by atoms with van der Waals surface area (Å²) in [6.45, 7) is 9.52. The molecule has 2 aromatic carbocycles. The summed E-state index contributed by atoms with van der Waals surface area (Å²) in [6.07, 6.45) is 5.94. The van der Waals surface area contributed by atoms with Crippen molar-refractivity contribution in [2.75, 3.05) is 23.4 Å². The molecule has 19 nitrogen and oxygen atoms in total.